The van der Waals surface area contributed by atoms with Crippen molar-refractivity contribution in [3.63, 3.8) is 0 Å². The van der Waals surface area contributed by atoms with Gasteiger partial charge >= 0.3 is 0 Å². The Morgan fingerprint density at radius 2 is 0.944 bits per heavy atom. The molecule has 110 valence electrons. The van der Waals surface area contributed by atoms with Crippen molar-refractivity contribution in [2.24, 2.45) is 0 Å². The van der Waals surface area contributed by atoms with Gasteiger partial charge in [0, 0.05) is 24.5 Å². The Bertz CT molecular complexity index is 276. The van der Waals surface area contributed by atoms with E-state index in [-0.39, 0.29) is 10.3 Å². The van der Waals surface area contributed by atoms with Crippen molar-refractivity contribution < 1.29 is 0 Å². The third kappa shape index (κ3) is 4.03. The number of hydrogen-bond acceptors (Lipinski definition) is 2. The van der Waals surface area contributed by atoms with Crippen LogP contribution in [0.2, 0.25) is 0 Å². The lowest BCUT2D eigenvalue weighted by Crippen LogP contribution is -2.34. The van der Waals surface area contributed by atoms with Crippen LogP contribution in [0, 0.1) is 0 Å². The van der Waals surface area contributed by atoms with Gasteiger partial charge in [0.2, 0.25) is 0 Å². The lowest BCUT2D eigenvalue weighted by molar-refractivity contribution is 0.703. The van der Waals surface area contributed by atoms with Crippen molar-refractivity contribution >= 4 is 37.4 Å². The highest BCUT2D eigenvalue weighted by Crippen LogP contribution is 2.89. The molecule has 0 radical (unpaired) electrons. The van der Waals surface area contributed by atoms with E-state index < -0.39 is 12.9 Å². The smallest absolute Gasteiger partial charge is 0.0249 e. The Hall–Kier alpha value is 1.56. The molecular formula is C14H34P2S2+2. The molecule has 0 bridgehead atoms. The summed E-state index contributed by atoms with van der Waals surface area (Å²) in [6, 6.07) is 0. The summed E-state index contributed by atoms with van der Waals surface area (Å²) in [6.07, 6.45) is 0. The number of hydrogen-bond donors (Lipinski definition) is 2. The van der Waals surface area contributed by atoms with Gasteiger partial charge in [-0.3, -0.25) is 0 Å². The van der Waals surface area contributed by atoms with Crippen LogP contribution >= 0.6 is 37.4 Å². The second kappa shape index (κ2) is 5.40. The Kier molecular flexibility index (Phi) is 5.87. The normalized spacial score (nSPS) is 18.7. The molecule has 0 aliphatic rings. The molecule has 0 rings (SSSR count). The predicted molar refractivity (Wildman–Crippen MR) is 102 cm³/mol. The van der Waals surface area contributed by atoms with Crippen molar-refractivity contribution in [2.75, 3.05) is 12.6 Å². The van der Waals surface area contributed by atoms with Gasteiger partial charge in [0.1, 0.15) is 12.9 Å². The molecule has 0 aromatic heterocycles. The zero-order valence-corrected chi connectivity index (χ0v) is 17.6. The highest BCUT2D eigenvalue weighted by Gasteiger charge is 2.63. The summed E-state index contributed by atoms with van der Waals surface area (Å²) in [7, 11) is 0. The van der Waals surface area contributed by atoms with Gasteiger partial charge in [-0.1, -0.05) is 0 Å². The molecule has 1 unspecified atom stereocenters. The molecule has 1 atom stereocenters. The summed E-state index contributed by atoms with van der Waals surface area (Å²) < 4.78 is 0. The Morgan fingerprint density at radius 3 is 1.11 bits per heavy atom. The van der Waals surface area contributed by atoms with Gasteiger partial charge in [0.05, 0.1) is 22.1 Å². The molecular weight excluding hydrogens is 294 g/mol. The quantitative estimate of drug-likeness (QED) is 0.409. The minimum absolute atomic E-state index is 0.267. The van der Waals surface area contributed by atoms with E-state index in [0.717, 1.165) is 0 Å². The molecule has 0 amide bonds. The zero-order valence-electron chi connectivity index (χ0n) is 14.0. The van der Waals surface area contributed by atoms with Crippen LogP contribution in [0.3, 0.4) is 0 Å². The van der Waals surface area contributed by atoms with Crippen molar-refractivity contribution in [3.8, 4) is 0 Å². The molecule has 0 saturated carbocycles. The summed E-state index contributed by atoms with van der Waals surface area (Å²) in [4.78, 5) is 0. The van der Waals surface area contributed by atoms with Crippen LogP contribution in [0.25, 0.3) is 0 Å². The molecule has 0 aromatic carbocycles. The van der Waals surface area contributed by atoms with E-state index in [1.165, 1.54) is 5.90 Å². The standard InChI is InChI=1S/C14H34P2S2/c1-12(2,3)15(10,17)11-16(18,13(4,5)6)14(7,8)9/h17-18H,11H2,1-10H3/q+2. The van der Waals surface area contributed by atoms with Crippen LogP contribution in [0.4, 0.5) is 0 Å². The first-order valence-electron chi connectivity index (χ1n) is 6.65. The summed E-state index contributed by atoms with van der Waals surface area (Å²) in [5.41, 5.74) is 0. The first-order valence-corrected chi connectivity index (χ1v) is 13.4. The molecule has 0 fully saturated rings. The van der Waals surface area contributed by atoms with E-state index in [4.69, 9.17) is 24.5 Å². The maximum atomic E-state index is 5.30. The average Bonchev–Trinajstić information content (AvgIpc) is 1.95. The lowest BCUT2D eigenvalue weighted by Gasteiger charge is -2.45. The maximum Gasteiger partial charge on any atom is 0.181 e. The van der Waals surface area contributed by atoms with Crippen molar-refractivity contribution in [1.82, 2.24) is 0 Å². The summed E-state index contributed by atoms with van der Waals surface area (Å²) in [5.74, 6) is 1.21. The molecule has 4 heteroatoms. The monoisotopic (exact) mass is 328 g/mol. The van der Waals surface area contributed by atoms with E-state index >= 15 is 0 Å². The van der Waals surface area contributed by atoms with Crippen LogP contribution in [0.5, 0.6) is 0 Å². The van der Waals surface area contributed by atoms with Gasteiger partial charge in [-0.05, 0) is 62.3 Å². The molecule has 0 N–H and O–H groups in total. The maximum absolute atomic E-state index is 5.30. The van der Waals surface area contributed by atoms with Gasteiger partial charge < -0.3 is 0 Å². The molecule has 0 heterocycles. The van der Waals surface area contributed by atoms with E-state index in [0.29, 0.717) is 5.16 Å². The van der Waals surface area contributed by atoms with Crippen LogP contribution < -0.4 is 0 Å². The molecule has 0 aromatic rings. The number of rotatable bonds is 2. The van der Waals surface area contributed by atoms with Gasteiger partial charge in [0.15, 0.2) is 5.90 Å². The lowest BCUT2D eigenvalue weighted by atomic mass is 10.2. The van der Waals surface area contributed by atoms with Crippen molar-refractivity contribution in [1.29, 1.82) is 0 Å². The molecule has 0 spiro atoms. The van der Waals surface area contributed by atoms with Crippen molar-refractivity contribution in [3.05, 3.63) is 0 Å². The topological polar surface area (TPSA) is 0 Å². The minimum Gasteiger partial charge on any atom is -0.0249 e. The fourth-order valence-electron chi connectivity index (χ4n) is 2.04. The highest BCUT2D eigenvalue weighted by atomic mass is 32.7. The summed E-state index contributed by atoms with van der Waals surface area (Å²) >= 11 is 10.4. The molecule has 0 nitrogen and oxygen atoms in total. The Morgan fingerprint density at radius 1 is 0.667 bits per heavy atom. The molecule has 0 saturated heterocycles. The number of thiol groups is 2. The second-order valence-corrected chi connectivity index (χ2v) is 22.2. The first kappa shape index (κ1) is 19.6. The first-order chi connectivity index (χ1) is 7.46. The van der Waals surface area contributed by atoms with Crippen molar-refractivity contribution in [2.45, 2.75) is 77.8 Å². The zero-order chi connectivity index (χ0) is 15.2. The molecule has 18 heavy (non-hydrogen) atoms. The van der Waals surface area contributed by atoms with E-state index in [2.05, 4.69) is 69.0 Å². The van der Waals surface area contributed by atoms with E-state index in [1.54, 1.807) is 0 Å². The minimum atomic E-state index is -1.39. The third-order valence-electron chi connectivity index (χ3n) is 4.14. The van der Waals surface area contributed by atoms with Gasteiger partial charge in [0.25, 0.3) is 0 Å². The average molecular weight is 329 g/mol. The van der Waals surface area contributed by atoms with E-state index in [1.807, 2.05) is 0 Å². The van der Waals surface area contributed by atoms with Crippen LogP contribution in [-0.4, -0.2) is 28.0 Å². The fourth-order valence-corrected chi connectivity index (χ4v) is 17.2. The summed E-state index contributed by atoms with van der Waals surface area (Å²) in [5, 5.41) is 0.827. The Balaban J connectivity index is 5.58. The fraction of sp³-hybridized carbons (Fsp3) is 1.00. The van der Waals surface area contributed by atoms with Gasteiger partial charge in [-0.15, -0.1) is 0 Å². The van der Waals surface area contributed by atoms with Crippen LogP contribution in [-0.2, 0) is 0 Å². The van der Waals surface area contributed by atoms with Crippen LogP contribution in [0.1, 0.15) is 62.3 Å². The Labute approximate surface area is 127 Å². The summed E-state index contributed by atoms with van der Waals surface area (Å²) in [6.45, 7) is 20.9. The van der Waals surface area contributed by atoms with Crippen LogP contribution in [0.15, 0.2) is 0 Å². The highest BCUT2D eigenvalue weighted by molar-refractivity contribution is 8.61. The predicted octanol–water partition coefficient (Wildman–Crippen LogP) is 6.69. The SMILES string of the molecule is CC(C)(C)[P+](C)(S)C[P+](S)(C(C)(C)C)C(C)(C)C. The van der Waals surface area contributed by atoms with Gasteiger partial charge in [-0.25, -0.2) is 0 Å². The van der Waals surface area contributed by atoms with E-state index in [9.17, 15) is 0 Å². The largest absolute Gasteiger partial charge is 0.181 e. The second-order valence-electron chi connectivity index (χ2n) is 8.56. The molecule has 0 aliphatic carbocycles. The third-order valence-corrected chi connectivity index (χ3v) is 23.0. The molecule has 0 aliphatic heterocycles. The van der Waals surface area contributed by atoms with Gasteiger partial charge in [-0.2, -0.15) is 0 Å².